The van der Waals surface area contributed by atoms with E-state index >= 15 is 0 Å². The minimum absolute atomic E-state index is 0.0326. The third-order valence-electron chi connectivity index (χ3n) is 4.09. The van der Waals surface area contributed by atoms with Gasteiger partial charge in [-0.2, -0.15) is 13.2 Å². The summed E-state index contributed by atoms with van der Waals surface area (Å²) in [5, 5.41) is 1.87. The van der Waals surface area contributed by atoms with Gasteiger partial charge in [-0.3, -0.25) is 4.79 Å². The van der Waals surface area contributed by atoms with Crippen LogP contribution in [0.15, 0.2) is 23.7 Å². The molecule has 0 aromatic carbocycles. The minimum Gasteiger partial charge on any atom is -0.340 e. The zero-order valence-corrected chi connectivity index (χ0v) is 13.8. The smallest absolute Gasteiger partial charge is 0.340 e. The van der Waals surface area contributed by atoms with Gasteiger partial charge in [-0.1, -0.05) is 0 Å². The zero-order chi connectivity index (χ0) is 17.3. The number of carbonyl (C=O) groups is 1. The summed E-state index contributed by atoms with van der Waals surface area (Å²) in [6.45, 7) is 2.78. The lowest BCUT2D eigenvalue weighted by molar-refractivity contribution is -0.141. The van der Waals surface area contributed by atoms with Gasteiger partial charge in [0.2, 0.25) is 5.95 Å². The Labute approximate surface area is 141 Å². The number of alkyl halides is 3. The highest BCUT2D eigenvalue weighted by molar-refractivity contribution is 7.12. The number of hydrogen-bond acceptors (Lipinski definition) is 5. The van der Waals surface area contributed by atoms with Crippen molar-refractivity contribution < 1.29 is 18.0 Å². The second kappa shape index (κ2) is 6.51. The fourth-order valence-electron chi connectivity index (χ4n) is 2.84. The van der Waals surface area contributed by atoms with Gasteiger partial charge < -0.3 is 4.90 Å². The van der Waals surface area contributed by atoms with Crippen LogP contribution >= 0.6 is 11.3 Å². The first kappa shape index (κ1) is 16.9. The molecule has 1 saturated heterocycles. The molecule has 1 fully saturated rings. The van der Waals surface area contributed by atoms with Crippen molar-refractivity contribution in [3.63, 3.8) is 0 Å². The Hall–Kier alpha value is -1.96. The number of ketones is 1. The van der Waals surface area contributed by atoms with Crippen LogP contribution in [0.2, 0.25) is 0 Å². The van der Waals surface area contributed by atoms with Crippen molar-refractivity contribution in [2.24, 2.45) is 5.92 Å². The standard InChI is InChI=1S/C16H16F3N3OS/c1-10-5-8-24-14(10)13(23)11-3-2-7-22(9-11)15-20-6-4-12(21-15)16(17,18)19/h4-6,8,11H,2-3,7,9H2,1H3. The highest BCUT2D eigenvalue weighted by Crippen LogP contribution is 2.30. The molecule has 1 aliphatic heterocycles. The van der Waals surface area contributed by atoms with Crippen LogP contribution in [0.5, 0.6) is 0 Å². The number of thiophene rings is 1. The molecule has 0 amide bonds. The van der Waals surface area contributed by atoms with Crippen molar-refractivity contribution in [1.82, 2.24) is 9.97 Å². The van der Waals surface area contributed by atoms with Crippen LogP contribution in [0.25, 0.3) is 0 Å². The molecular weight excluding hydrogens is 339 g/mol. The second-order valence-electron chi connectivity index (χ2n) is 5.82. The highest BCUT2D eigenvalue weighted by atomic mass is 32.1. The van der Waals surface area contributed by atoms with Gasteiger partial charge in [-0.15, -0.1) is 11.3 Å². The van der Waals surface area contributed by atoms with Crippen LogP contribution in [0.3, 0.4) is 0 Å². The molecule has 24 heavy (non-hydrogen) atoms. The number of rotatable bonds is 3. The summed E-state index contributed by atoms with van der Waals surface area (Å²) < 4.78 is 38.4. The fraction of sp³-hybridized carbons (Fsp3) is 0.438. The van der Waals surface area contributed by atoms with E-state index in [9.17, 15) is 18.0 Å². The fourth-order valence-corrected chi connectivity index (χ4v) is 3.79. The summed E-state index contributed by atoms with van der Waals surface area (Å²) >= 11 is 1.41. The molecule has 3 rings (SSSR count). The molecule has 4 nitrogen and oxygen atoms in total. The van der Waals surface area contributed by atoms with Gasteiger partial charge in [0.1, 0.15) is 5.69 Å². The Kier molecular flexibility index (Phi) is 4.58. The number of hydrogen-bond donors (Lipinski definition) is 0. The van der Waals surface area contributed by atoms with Gasteiger partial charge in [0, 0.05) is 25.2 Å². The Morgan fingerprint density at radius 1 is 1.38 bits per heavy atom. The van der Waals surface area contributed by atoms with E-state index in [4.69, 9.17) is 0 Å². The van der Waals surface area contributed by atoms with E-state index in [1.165, 1.54) is 11.3 Å². The molecule has 8 heteroatoms. The number of anilines is 1. The number of aryl methyl sites for hydroxylation is 1. The summed E-state index contributed by atoms with van der Waals surface area (Å²) in [5.41, 5.74) is -0.0208. The third-order valence-corrected chi connectivity index (χ3v) is 5.13. The molecular formula is C16H16F3N3OS. The molecule has 0 aliphatic carbocycles. The van der Waals surface area contributed by atoms with Gasteiger partial charge in [0.05, 0.1) is 4.88 Å². The van der Waals surface area contributed by atoms with E-state index in [0.29, 0.717) is 13.1 Å². The molecule has 1 atom stereocenters. The van der Waals surface area contributed by atoms with E-state index in [2.05, 4.69) is 9.97 Å². The van der Waals surface area contributed by atoms with Crippen molar-refractivity contribution in [3.05, 3.63) is 39.8 Å². The molecule has 128 valence electrons. The Morgan fingerprint density at radius 3 is 2.83 bits per heavy atom. The van der Waals surface area contributed by atoms with Crippen molar-refractivity contribution in [2.75, 3.05) is 18.0 Å². The van der Waals surface area contributed by atoms with Crippen molar-refractivity contribution in [3.8, 4) is 0 Å². The lowest BCUT2D eigenvalue weighted by Gasteiger charge is -2.32. The summed E-state index contributed by atoms with van der Waals surface area (Å²) in [6, 6.07) is 2.75. The van der Waals surface area contributed by atoms with Gasteiger partial charge in [0.25, 0.3) is 0 Å². The normalized spacial score (nSPS) is 18.7. The quantitative estimate of drug-likeness (QED) is 0.782. The van der Waals surface area contributed by atoms with Crippen LogP contribution in [0.1, 0.15) is 33.8 Å². The van der Waals surface area contributed by atoms with Crippen molar-refractivity contribution >= 4 is 23.1 Å². The molecule has 2 aromatic heterocycles. The Bertz CT molecular complexity index is 744. The maximum atomic E-state index is 12.8. The summed E-state index contributed by atoms with van der Waals surface area (Å²) in [4.78, 5) is 22.6. The third kappa shape index (κ3) is 3.43. The van der Waals surface area contributed by atoms with E-state index in [1.54, 1.807) is 4.90 Å². The zero-order valence-electron chi connectivity index (χ0n) is 13.0. The van der Waals surface area contributed by atoms with Crippen LogP contribution in [-0.2, 0) is 6.18 Å². The number of Topliss-reactive ketones (excluding diaryl/α,β-unsaturated/α-hetero) is 1. The molecule has 1 unspecified atom stereocenters. The number of piperidine rings is 1. The molecule has 0 spiro atoms. The largest absolute Gasteiger partial charge is 0.433 e. The molecule has 3 heterocycles. The summed E-state index contributed by atoms with van der Waals surface area (Å²) in [7, 11) is 0. The first-order chi connectivity index (χ1) is 11.4. The number of halogens is 3. The van der Waals surface area contributed by atoms with Gasteiger partial charge >= 0.3 is 6.18 Å². The van der Waals surface area contributed by atoms with Crippen molar-refractivity contribution in [1.29, 1.82) is 0 Å². The van der Waals surface area contributed by atoms with E-state index in [-0.39, 0.29) is 17.6 Å². The second-order valence-corrected chi connectivity index (χ2v) is 6.74. The van der Waals surface area contributed by atoms with Gasteiger partial charge in [0.15, 0.2) is 5.78 Å². The Balaban J connectivity index is 1.79. The van der Waals surface area contributed by atoms with E-state index in [1.807, 2.05) is 18.4 Å². The number of carbonyl (C=O) groups excluding carboxylic acids is 1. The topological polar surface area (TPSA) is 46.1 Å². The highest BCUT2D eigenvalue weighted by Gasteiger charge is 2.34. The lowest BCUT2D eigenvalue weighted by Crippen LogP contribution is -2.39. The molecule has 0 radical (unpaired) electrons. The predicted molar refractivity (Wildman–Crippen MR) is 85.4 cm³/mol. The molecule has 0 bridgehead atoms. The predicted octanol–water partition coefficient (Wildman–Crippen LogP) is 3.96. The molecule has 0 saturated carbocycles. The average Bonchev–Trinajstić information content (AvgIpc) is 3.00. The Morgan fingerprint density at radius 2 is 2.17 bits per heavy atom. The molecule has 0 N–H and O–H groups in total. The van der Waals surface area contributed by atoms with Crippen molar-refractivity contribution in [2.45, 2.75) is 25.9 Å². The summed E-state index contributed by atoms with van der Waals surface area (Å²) in [6.07, 6.45) is -1.94. The van der Waals surface area contributed by atoms with Gasteiger partial charge in [-0.05, 0) is 42.8 Å². The first-order valence-corrected chi connectivity index (χ1v) is 8.47. The number of aromatic nitrogens is 2. The monoisotopic (exact) mass is 355 g/mol. The molecule has 2 aromatic rings. The summed E-state index contributed by atoms with van der Waals surface area (Å²) in [5.74, 6) is -0.154. The SMILES string of the molecule is Cc1ccsc1C(=O)C1CCCN(c2nccc(C(F)(F)F)n2)C1. The van der Waals surface area contributed by atoms with E-state index in [0.717, 1.165) is 35.5 Å². The lowest BCUT2D eigenvalue weighted by atomic mass is 9.92. The maximum absolute atomic E-state index is 12.8. The first-order valence-electron chi connectivity index (χ1n) is 7.60. The number of nitrogens with zero attached hydrogens (tertiary/aromatic N) is 3. The van der Waals surface area contributed by atoms with Gasteiger partial charge in [-0.25, -0.2) is 9.97 Å². The minimum atomic E-state index is -4.50. The maximum Gasteiger partial charge on any atom is 0.433 e. The van der Waals surface area contributed by atoms with Crippen LogP contribution in [0, 0.1) is 12.8 Å². The molecule has 1 aliphatic rings. The average molecular weight is 355 g/mol. The van der Waals surface area contributed by atoms with E-state index < -0.39 is 11.9 Å². The van der Waals surface area contributed by atoms with Crippen LogP contribution in [0.4, 0.5) is 19.1 Å². The van der Waals surface area contributed by atoms with Crippen LogP contribution < -0.4 is 4.90 Å². The van der Waals surface area contributed by atoms with Crippen LogP contribution in [-0.4, -0.2) is 28.8 Å².